The third-order valence-electron chi connectivity index (χ3n) is 5.60. The van der Waals surface area contributed by atoms with Gasteiger partial charge in [-0.1, -0.05) is 6.07 Å². The number of aromatic nitrogens is 2. The van der Waals surface area contributed by atoms with Gasteiger partial charge in [0.1, 0.15) is 17.4 Å². The van der Waals surface area contributed by atoms with Gasteiger partial charge in [-0.3, -0.25) is 19.0 Å². The first-order valence-electron chi connectivity index (χ1n) is 10.3. The van der Waals surface area contributed by atoms with Crippen LogP contribution in [-0.2, 0) is 16.1 Å². The number of benzene rings is 2. The summed E-state index contributed by atoms with van der Waals surface area (Å²) in [5.41, 5.74) is 0.749. The largest absolute Gasteiger partial charge is 0.497 e. The average molecular weight is 438 g/mol. The van der Waals surface area contributed by atoms with Crippen LogP contribution in [0, 0.1) is 18.7 Å². The van der Waals surface area contributed by atoms with Crippen LogP contribution in [-0.4, -0.2) is 41.6 Å². The van der Waals surface area contributed by atoms with Gasteiger partial charge in [-0.2, -0.15) is 0 Å². The fourth-order valence-electron chi connectivity index (χ4n) is 3.91. The number of halogens is 1. The number of hydrogen-bond acceptors (Lipinski definition) is 5. The summed E-state index contributed by atoms with van der Waals surface area (Å²) in [4.78, 5) is 43.7. The molecule has 0 bridgehead atoms. The molecular weight excluding hydrogens is 415 g/mol. The van der Waals surface area contributed by atoms with Crippen LogP contribution in [0.4, 0.5) is 10.1 Å². The number of nitrogens with one attached hydrogen (secondary N) is 1. The quantitative estimate of drug-likeness (QED) is 0.636. The summed E-state index contributed by atoms with van der Waals surface area (Å²) in [5, 5.41) is 2.99. The third kappa shape index (κ3) is 4.18. The summed E-state index contributed by atoms with van der Waals surface area (Å²) < 4.78 is 20.1. The summed E-state index contributed by atoms with van der Waals surface area (Å²) >= 11 is 0. The van der Waals surface area contributed by atoms with Gasteiger partial charge in [0.15, 0.2) is 0 Å². The number of carbonyl (C=O) groups excluding carboxylic acids is 2. The fraction of sp³-hybridized carbons (Fsp3) is 0.304. The predicted molar refractivity (Wildman–Crippen MR) is 117 cm³/mol. The minimum atomic E-state index is -0.508. The molecule has 32 heavy (non-hydrogen) atoms. The second-order valence-corrected chi connectivity index (χ2v) is 7.68. The van der Waals surface area contributed by atoms with Crippen LogP contribution >= 0.6 is 0 Å². The molecule has 1 saturated heterocycles. The van der Waals surface area contributed by atoms with Crippen molar-refractivity contribution in [3.63, 3.8) is 0 Å². The zero-order valence-corrected chi connectivity index (χ0v) is 17.8. The summed E-state index contributed by atoms with van der Waals surface area (Å²) in [6, 6.07) is 11.0. The highest BCUT2D eigenvalue weighted by Crippen LogP contribution is 2.27. The maximum absolute atomic E-state index is 13.5. The Bertz CT molecular complexity index is 1260. The molecule has 0 spiro atoms. The lowest BCUT2D eigenvalue weighted by Gasteiger charge is -2.17. The molecule has 2 heterocycles. The van der Waals surface area contributed by atoms with Gasteiger partial charge in [0.05, 0.1) is 23.9 Å². The number of amides is 2. The number of aryl methyl sites for hydroxylation is 1. The molecule has 8 nitrogen and oxygen atoms in total. The van der Waals surface area contributed by atoms with Crippen molar-refractivity contribution < 1.29 is 18.7 Å². The van der Waals surface area contributed by atoms with Crippen LogP contribution in [0.5, 0.6) is 5.75 Å². The van der Waals surface area contributed by atoms with E-state index in [-0.39, 0.29) is 48.8 Å². The standard InChI is InChI=1S/C23H23FN4O4/c1-14-26-20-7-6-16(24)11-19(20)23(31)27(14)9-8-25-22(30)15-10-21(29)28(13-15)17-4-3-5-18(12-17)32-2/h3-7,11-12,15H,8-10,13H2,1-2H3,(H,25,30)/t15-/m1/s1. The van der Waals surface area contributed by atoms with Crippen molar-refractivity contribution in [2.75, 3.05) is 25.1 Å². The molecule has 2 amide bonds. The van der Waals surface area contributed by atoms with E-state index in [2.05, 4.69) is 10.3 Å². The van der Waals surface area contributed by atoms with Crippen molar-refractivity contribution in [3.05, 3.63) is 64.5 Å². The highest BCUT2D eigenvalue weighted by atomic mass is 19.1. The second kappa shape index (κ2) is 8.78. The molecule has 1 aliphatic rings. The molecule has 1 N–H and O–H groups in total. The number of hydrogen-bond donors (Lipinski definition) is 1. The van der Waals surface area contributed by atoms with Crippen LogP contribution in [0.1, 0.15) is 12.2 Å². The van der Waals surface area contributed by atoms with Crippen molar-refractivity contribution in [2.24, 2.45) is 5.92 Å². The van der Waals surface area contributed by atoms with E-state index in [1.807, 2.05) is 0 Å². The highest BCUT2D eigenvalue weighted by Gasteiger charge is 2.35. The van der Waals surface area contributed by atoms with E-state index < -0.39 is 11.7 Å². The van der Waals surface area contributed by atoms with E-state index >= 15 is 0 Å². The van der Waals surface area contributed by atoms with Crippen molar-refractivity contribution in [1.29, 1.82) is 0 Å². The number of fused-ring (bicyclic) bond motifs is 1. The van der Waals surface area contributed by atoms with Gasteiger partial charge in [0.2, 0.25) is 11.8 Å². The Labute approximate surface area is 183 Å². The first kappa shape index (κ1) is 21.5. The molecule has 1 aromatic heterocycles. The van der Waals surface area contributed by atoms with E-state index in [0.29, 0.717) is 22.8 Å². The molecule has 9 heteroatoms. The first-order valence-corrected chi connectivity index (χ1v) is 10.3. The van der Waals surface area contributed by atoms with Gasteiger partial charge in [-0.15, -0.1) is 0 Å². The Morgan fingerprint density at radius 2 is 2.06 bits per heavy atom. The van der Waals surface area contributed by atoms with Gasteiger partial charge in [-0.05, 0) is 37.3 Å². The number of methoxy groups -OCH3 is 1. The van der Waals surface area contributed by atoms with Crippen LogP contribution in [0.2, 0.25) is 0 Å². The molecule has 2 aromatic carbocycles. The Morgan fingerprint density at radius 1 is 1.25 bits per heavy atom. The van der Waals surface area contributed by atoms with Gasteiger partial charge < -0.3 is 15.0 Å². The van der Waals surface area contributed by atoms with E-state index in [9.17, 15) is 18.8 Å². The Hall–Kier alpha value is -3.75. The van der Waals surface area contributed by atoms with Crippen LogP contribution in [0.25, 0.3) is 10.9 Å². The molecule has 0 saturated carbocycles. The van der Waals surface area contributed by atoms with Crippen molar-refractivity contribution >= 4 is 28.4 Å². The zero-order valence-electron chi connectivity index (χ0n) is 17.8. The van der Waals surface area contributed by atoms with E-state index in [4.69, 9.17) is 4.74 Å². The summed E-state index contributed by atoms with van der Waals surface area (Å²) in [6.45, 7) is 2.34. The van der Waals surface area contributed by atoms with Crippen molar-refractivity contribution in [1.82, 2.24) is 14.9 Å². The minimum absolute atomic E-state index is 0.110. The molecule has 1 fully saturated rings. The van der Waals surface area contributed by atoms with E-state index in [0.717, 1.165) is 6.07 Å². The van der Waals surface area contributed by atoms with Crippen molar-refractivity contribution in [2.45, 2.75) is 19.9 Å². The van der Waals surface area contributed by atoms with E-state index in [1.165, 1.54) is 16.7 Å². The fourth-order valence-corrected chi connectivity index (χ4v) is 3.91. The molecule has 0 aliphatic carbocycles. The number of carbonyl (C=O) groups is 2. The van der Waals surface area contributed by atoms with Gasteiger partial charge >= 0.3 is 0 Å². The van der Waals surface area contributed by atoms with Crippen LogP contribution < -0.4 is 20.5 Å². The van der Waals surface area contributed by atoms with Crippen LogP contribution in [0.3, 0.4) is 0 Å². The molecule has 1 atom stereocenters. The lowest BCUT2D eigenvalue weighted by molar-refractivity contribution is -0.126. The monoisotopic (exact) mass is 438 g/mol. The predicted octanol–water partition coefficient (Wildman–Crippen LogP) is 2.02. The number of ether oxygens (including phenoxy) is 1. The lowest BCUT2D eigenvalue weighted by Crippen LogP contribution is -2.36. The molecule has 1 aliphatic heterocycles. The van der Waals surface area contributed by atoms with Crippen molar-refractivity contribution in [3.8, 4) is 5.75 Å². The Balaban J connectivity index is 1.40. The van der Waals surface area contributed by atoms with Gasteiger partial charge in [0, 0.05) is 37.8 Å². The van der Waals surface area contributed by atoms with Crippen LogP contribution in [0.15, 0.2) is 47.3 Å². The molecule has 4 rings (SSSR count). The van der Waals surface area contributed by atoms with Gasteiger partial charge in [-0.25, -0.2) is 9.37 Å². The molecule has 0 radical (unpaired) electrons. The maximum Gasteiger partial charge on any atom is 0.261 e. The van der Waals surface area contributed by atoms with Gasteiger partial charge in [0.25, 0.3) is 5.56 Å². The first-order chi connectivity index (χ1) is 15.4. The smallest absolute Gasteiger partial charge is 0.261 e. The number of anilines is 1. The summed E-state index contributed by atoms with van der Waals surface area (Å²) in [6.07, 6.45) is 0.110. The lowest BCUT2D eigenvalue weighted by atomic mass is 10.1. The Morgan fingerprint density at radius 3 is 2.84 bits per heavy atom. The SMILES string of the molecule is COc1cccc(N2C[C@H](C(=O)NCCn3c(C)nc4ccc(F)cc4c3=O)CC2=O)c1. The third-order valence-corrected chi connectivity index (χ3v) is 5.60. The summed E-state index contributed by atoms with van der Waals surface area (Å²) in [7, 11) is 1.55. The Kier molecular flexibility index (Phi) is 5.89. The second-order valence-electron chi connectivity index (χ2n) is 7.68. The molecular formula is C23H23FN4O4. The average Bonchev–Trinajstić information content (AvgIpc) is 3.18. The normalized spacial score (nSPS) is 15.9. The molecule has 3 aromatic rings. The maximum atomic E-state index is 13.5. The number of nitrogens with zero attached hydrogens (tertiary/aromatic N) is 3. The summed E-state index contributed by atoms with van der Waals surface area (Å²) in [5.74, 6) is -0.279. The van der Waals surface area contributed by atoms with E-state index in [1.54, 1.807) is 43.2 Å². The topological polar surface area (TPSA) is 93.5 Å². The highest BCUT2D eigenvalue weighted by molar-refractivity contribution is 6.00. The molecule has 0 unspecified atom stereocenters. The zero-order chi connectivity index (χ0) is 22.8. The molecule has 166 valence electrons. The number of rotatable bonds is 6. The minimum Gasteiger partial charge on any atom is -0.497 e.